The van der Waals surface area contributed by atoms with E-state index in [-0.39, 0.29) is 13.0 Å². The molecular formula is C9H11N3O4S. The smallest absolute Gasteiger partial charge is 0.326 e. The highest BCUT2D eigenvalue weighted by Crippen LogP contribution is 2.20. The number of hydrogen-bond donors (Lipinski definition) is 3. The van der Waals surface area contributed by atoms with Crippen LogP contribution in [0.3, 0.4) is 0 Å². The first-order chi connectivity index (χ1) is 8.08. The van der Waals surface area contributed by atoms with Crippen LogP contribution in [0.5, 0.6) is 0 Å². The highest BCUT2D eigenvalue weighted by molar-refractivity contribution is 7.13. The number of carbonyl (C=O) groups is 2. The predicted octanol–water partition coefficient (Wildman–Crippen LogP) is 0.195. The van der Waals surface area contributed by atoms with Gasteiger partial charge in [0.2, 0.25) is 0 Å². The van der Waals surface area contributed by atoms with Gasteiger partial charge >= 0.3 is 12.0 Å². The molecule has 1 aliphatic rings. The van der Waals surface area contributed by atoms with E-state index in [1.807, 2.05) is 0 Å². The molecule has 7 nitrogen and oxygen atoms in total. The first kappa shape index (κ1) is 11.8. The van der Waals surface area contributed by atoms with Crippen LogP contribution in [0.4, 0.5) is 9.93 Å². The van der Waals surface area contributed by atoms with Crippen LogP contribution in [-0.4, -0.2) is 50.8 Å². The van der Waals surface area contributed by atoms with Crippen LogP contribution in [0.1, 0.15) is 6.42 Å². The molecule has 0 aromatic carbocycles. The van der Waals surface area contributed by atoms with E-state index in [2.05, 4.69) is 10.3 Å². The summed E-state index contributed by atoms with van der Waals surface area (Å²) >= 11 is 1.24. The molecule has 17 heavy (non-hydrogen) atoms. The van der Waals surface area contributed by atoms with E-state index in [4.69, 9.17) is 5.11 Å². The number of aliphatic hydroxyl groups excluding tert-OH is 1. The van der Waals surface area contributed by atoms with Crippen molar-refractivity contribution in [3.05, 3.63) is 11.6 Å². The third-order valence-electron chi connectivity index (χ3n) is 2.47. The minimum atomic E-state index is -1.11. The molecule has 1 fully saturated rings. The van der Waals surface area contributed by atoms with Crippen molar-refractivity contribution in [2.75, 3.05) is 11.9 Å². The monoisotopic (exact) mass is 257 g/mol. The van der Waals surface area contributed by atoms with Gasteiger partial charge in [-0.2, -0.15) is 0 Å². The van der Waals surface area contributed by atoms with Crippen molar-refractivity contribution in [1.82, 2.24) is 9.88 Å². The van der Waals surface area contributed by atoms with Crippen molar-refractivity contribution in [1.29, 1.82) is 0 Å². The van der Waals surface area contributed by atoms with Crippen molar-refractivity contribution in [3.63, 3.8) is 0 Å². The summed E-state index contributed by atoms with van der Waals surface area (Å²) in [6, 6.07) is -1.53. The van der Waals surface area contributed by atoms with Gasteiger partial charge in [-0.05, 0) is 0 Å². The Balaban J connectivity index is 2.05. The molecule has 8 heteroatoms. The Morgan fingerprint density at radius 2 is 2.35 bits per heavy atom. The molecule has 0 radical (unpaired) electrons. The standard InChI is InChI=1S/C9H11N3O4S/c13-5-3-6(7(14)15)12(4-5)9(16)11-8-10-1-2-17-8/h1-2,5-6,13H,3-4H2,(H,14,15)(H,10,11,16)/t5-,6-/m1/s1. The molecule has 2 rings (SSSR count). The van der Waals surface area contributed by atoms with E-state index in [1.165, 1.54) is 17.5 Å². The number of carbonyl (C=O) groups excluding carboxylic acids is 1. The molecule has 1 aromatic rings. The maximum atomic E-state index is 11.8. The van der Waals surface area contributed by atoms with Crippen LogP contribution in [0.2, 0.25) is 0 Å². The van der Waals surface area contributed by atoms with Crippen LogP contribution in [0.15, 0.2) is 11.6 Å². The molecule has 92 valence electrons. The number of likely N-dealkylation sites (tertiary alicyclic amines) is 1. The fourth-order valence-corrected chi connectivity index (χ4v) is 2.24. The Morgan fingerprint density at radius 3 is 2.94 bits per heavy atom. The van der Waals surface area contributed by atoms with Gasteiger partial charge in [0.15, 0.2) is 5.13 Å². The number of amides is 2. The van der Waals surface area contributed by atoms with Crippen LogP contribution >= 0.6 is 11.3 Å². The number of thiazole rings is 1. The Hall–Kier alpha value is -1.67. The van der Waals surface area contributed by atoms with E-state index < -0.39 is 24.1 Å². The zero-order chi connectivity index (χ0) is 12.4. The van der Waals surface area contributed by atoms with Gasteiger partial charge in [-0.1, -0.05) is 0 Å². The number of anilines is 1. The molecule has 2 amide bonds. The lowest BCUT2D eigenvalue weighted by Crippen LogP contribution is -2.43. The van der Waals surface area contributed by atoms with Gasteiger partial charge < -0.3 is 15.1 Å². The van der Waals surface area contributed by atoms with Gasteiger partial charge in [0, 0.05) is 24.5 Å². The maximum absolute atomic E-state index is 11.8. The average Bonchev–Trinajstić information content (AvgIpc) is 2.86. The van der Waals surface area contributed by atoms with Gasteiger partial charge in [-0.15, -0.1) is 11.3 Å². The minimum Gasteiger partial charge on any atom is -0.480 e. The fraction of sp³-hybridized carbons (Fsp3) is 0.444. The molecular weight excluding hydrogens is 246 g/mol. The summed E-state index contributed by atoms with van der Waals surface area (Å²) in [6.07, 6.45) is 0.798. The minimum absolute atomic E-state index is 0.0220. The number of nitrogens with zero attached hydrogens (tertiary/aromatic N) is 2. The molecule has 0 bridgehead atoms. The number of aliphatic carboxylic acids is 1. The Bertz CT molecular complexity index is 422. The molecule has 0 spiro atoms. The van der Waals surface area contributed by atoms with E-state index >= 15 is 0 Å². The van der Waals surface area contributed by atoms with Gasteiger partial charge in [-0.3, -0.25) is 5.32 Å². The van der Waals surface area contributed by atoms with E-state index in [1.54, 1.807) is 5.38 Å². The Labute approximate surface area is 101 Å². The molecule has 1 saturated heterocycles. The second-order valence-electron chi connectivity index (χ2n) is 3.66. The van der Waals surface area contributed by atoms with Crippen molar-refractivity contribution in [2.45, 2.75) is 18.6 Å². The molecule has 2 atom stereocenters. The van der Waals surface area contributed by atoms with Crippen molar-refractivity contribution >= 4 is 28.5 Å². The van der Waals surface area contributed by atoms with Crippen molar-refractivity contribution in [2.24, 2.45) is 0 Å². The predicted molar refractivity (Wildman–Crippen MR) is 59.9 cm³/mol. The van der Waals surface area contributed by atoms with E-state index in [0.29, 0.717) is 5.13 Å². The number of hydrogen-bond acceptors (Lipinski definition) is 5. The topological polar surface area (TPSA) is 103 Å². The van der Waals surface area contributed by atoms with Crippen LogP contribution in [0.25, 0.3) is 0 Å². The van der Waals surface area contributed by atoms with E-state index in [9.17, 15) is 14.7 Å². The number of carboxylic acids is 1. The number of nitrogens with one attached hydrogen (secondary N) is 1. The van der Waals surface area contributed by atoms with Gasteiger partial charge in [0.1, 0.15) is 6.04 Å². The van der Waals surface area contributed by atoms with Gasteiger partial charge in [0.25, 0.3) is 0 Å². The van der Waals surface area contributed by atoms with Crippen LogP contribution in [-0.2, 0) is 4.79 Å². The first-order valence-electron chi connectivity index (χ1n) is 4.96. The maximum Gasteiger partial charge on any atom is 0.326 e. The average molecular weight is 257 g/mol. The summed E-state index contributed by atoms with van der Waals surface area (Å²) in [7, 11) is 0. The fourth-order valence-electron chi connectivity index (χ4n) is 1.72. The summed E-state index contributed by atoms with van der Waals surface area (Å²) in [4.78, 5) is 27.7. The van der Waals surface area contributed by atoms with Gasteiger partial charge in [0.05, 0.1) is 6.10 Å². The summed E-state index contributed by atoms with van der Waals surface area (Å²) < 4.78 is 0. The highest BCUT2D eigenvalue weighted by atomic mass is 32.1. The molecule has 0 aliphatic carbocycles. The van der Waals surface area contributed by atoms with Gasteiger partial charge in [-0.25, -0.2) is 14.6 Å². The molecule has 1 aromatic heterocycles. The lowest BCUT2D eigenvalue weighted by Gasteiger charge is -2.20. The molecule has 0 saturated carbocycles. The third kappa shape index (κ3) is 2.53. The van der Waals surface area contributed by atoms with Crippen LogP contribution < -0.4 is 5.32 Å². The van der Waals surface area contributed by atoms with E-state index in [0.717, 1.165) is 4.90 Å². The number of aliphatic hydroxyl groups is 1. The Morgan fingerprint density at radius 1 is 1.59 bits per heavy atom. The molecule has 3 N–H and O–H groups in total. The largest absolute Gasteiger partial charge is 0.480 e. The quantitative estimate of drug-likeness (QED) is 0.702. The second-order valence-corrected chi connectivity index (χ2v) is 4.56. The SMILES string of the molecule is O=C(O)[C@H]1C[C@@H](O)CN1C(=O)Nc1nccs1. The zero-order valence-electron chi connectivity index (χ0n) is 8.74. The molecule has 1 aliphatic heterocycles. The van der Waals surface area contributed by atoms with Crippen molar-refractivity contribution < 1.29 is 19.8 Å². The summed E-state index contributed by atoms with van der Waals surface area (Å²) in [5.41, 5.74) is 0. The highest BCUT2D eigenvalue weighted by Gasteiger charge is 2.39. The normalized spacial score (nSPS) is 23.7. The summed E-state index contributed by atoms with van der Waals surface area (Å²) in [5, 5.41) is 22.9. The summed E-state index contributed by atoms with van der Waals surface area (Å²) in [6.45, 7) is 0.0220. The zero-order valence-corrected chi connectivity index (χ0v) is 9.55. The lowest BCUT2D eigenvalue weighted by molar-refractivity contribution is -0.141. The summed E-state index contributed by atoms with van der Waals surface area (Å²) in [5.74, 6) is -1.11. The number of rotatable bonds is 2. The first-order valence-corrected chi connectivity index (χ1v) is 5.84. The molecule has 2 heterocycles. The second kappa shape index (κ2) is 4.68. The number of aromatic nitrogens is 1. The number of carboxylic acid groups (broad SMARTS) is 1. The Kier molecular flexibility index (Phi) is 3.25. The van der Waals surface area contributed by atoms with Crippen molar-refractivity contribution in [3.8, 4) is 0 Å². The number of β-amino-alcohol motifs (C(OH)–C–C–N with tert-alkyl or cyclic N) is 1. The third-order valence-corrected chi connectivity index (χ3v) is 3.16. The molecule has 0 unspecified atom stereocenters. The number of urea groups is 1. The lowest BCUT2D eigenvalue weighted by atomic mass is 10.2. The van der Waals surface area contributed by atoms with Crippen LogP contribution in [0, 0.1) is 0 Å².